The Kier molecular flexibility index (Phi) is 4.48. The summed E-state index contributed by atoms with van der Waals surface area (Å²) in [5, 5.41) is 0. The van der Waals surface area contributed by atoms with E-state index < -0.39 is 11.3 Å². The van der Waals surface area contributed by atoms with Gasteiger partial charge in [-0.25, -0.2) is 0 Å². The minimum absolute atomic E-state index is 0.298. The molecule has 1 aromatic carbocycles. The second-order valence-electron chi connectivity index (χ2n) is 4.71. The van der Waals surface area contributed by atoms with Crippen LogP contribution < -0.4 is 0 Å². The first-order valence-corrected chi connectivity index (χ1v) is 7.45. The number of hydrogen-bond donors (Lipinski definition) is 0. The molecule has 1 aliphatic rings. The van der Waals surface area contributed by atoms with Crippen molar-refractivity contribution in [2.45, 2.75) is 25.7 Å². The average Bonchev–Trinajstić information content (AvgIpc) is 3.17. The van der Waals surface area contributed by atoms with Crippen LogP contribution in [-0.2, 0) is 24.5 Å². The van der Waals surface area contributed by atoms with E-state index in [9.17, 15) is 9.59 Å². The van der Waals surface area contributed by atoms with E-state index in [-0.39, 0.29) is 11.9 Å². The summed E-state index contributed by atoms with van der Waals surface area (Å²) in [6.45, 7) is 4.13. The molecule has 1 fully saturated rings. The summed E-state index contributed by atoms with van der Waals surface area (Å²) < 4.78 is 11.1. The zero-order valence-corrected chi connectivity index (χ0v) is 13.1. The third-order valence-electron chi connectivity index (χ3n) is 3.53. The monoisotopic (exact) mass is 340 g/mol. The van der Waals surface area contributed by atoms with Crippen molar-refractivity contribution >= 4 is 27.9 Å². The number of carbonyl (C=O) groups is 2. The van der Waals surface area contributed by atoms with Crippen LogP contribution in [0.25, 0.3) is 0 Å². The van der Waals surface area contributed by atoms with Crippen molar-refractivity contribution in [1.82, 2.24) is 0 Å². The molecule has 5 heteroatoms. The van der Waals surface area contributed by atoms with Gasteiger partial charge in [-0.2, -0.15) is 0 Å². The number of benzene rings is 1. The summed E-state index contributed by atoms with van der Waals surface area (Å²) >= 11 is 3.36. The normalized spacial score (nSPS) is 24.1. The molecule has 20 heavy (non-hydrogen) atoms. The lowest BCUT2D eigenvalue weighted by atomic mass is 9.93. The molecular weight excluding hydrogens is 324 g/mol. The maximum atomic E-state index is 12.3. The van der Waals surface area contributed by atoms with Gasteiger partial charge in [0.05, 0.1) is 19.1 Å². The van der Waals surface area contributed by atoms with E-state index in [0.29, 0.717) is 19.6 Å². The Morgan fingerprint density at radius 1 is 1.20 bits per heavy atom. The lowest BCUT2D eigenvalue weighted by Crippen LogP contribution is -2.28. The first-order chi connectivity index (χ1) is 9.56. The van der Waals surface area contributed by atoms with Crippen LogP contribution in [0.15, 0.2) is 28.7 Å². The van der Waals surface area contributed by atoms with Crippen LogP contribution in [-0.4, -0.2) is 25.2 Å². The molecule has 0 heterocycles. The highest BCUT2D eigenvalue weighted by molar-refractivity contribution is 9.10. The first kappa shape index (κ1) is 15.0. The molecule has 2 atom stereocenters. The van der Waals surface area contributed by atoms with Crippen LogP contribution in [0, 0.1) is 5.92 Å². The molecule has 0 spiro atoms. The lowest BCUT2D eigenvalue weighted by Gasteiger charge is -2.16. The Morgan fingerprint density at radius 2 is 1.80 bits per heavy atom. The fraction of sp³-hybridized carbons (Fsp3) is 0.467. The van der Waals surface area contributed by atoms with Gasteiger partial charge in [-0.15, -0.1) is 0 Å². The van der Waals surface area contributed by atoms with Gasteiger partial charge < -0.3 is 9.47 Å². The summed E-state index contributed by atoms with van der Waals surface area (Å²) in [4.78, 5) is 24.2. The van der Waals surface area contributed by atoms with E-state index in [0.717, 1.165) is 10.0 Å². The van der Waals surface area contributed by atoms with Gasteiger partial charge >= 0.3 is 11.9 Å². The van der Waals surface area contributed by atoms with Crippen LogP contribution in [0.5, 0.6) is 0 Å². The molecule has 0 radical (unpaired) electrons. The van der Waals surface area contributed by atoms with E-state index >= 15 is 0 Å². The van der Waals surface area contributed by atoms with Crippen molar-refractivity contribution < 1.29 is 19.1 Å². The van der Waals surface area contributed by atoms with E-state index in [4.69, 9.17) is 9.47 Å². The number of rotatable bonds is 5. The highest BCUT2D eigenvalue weighted by Gasteiger charge is 2.66. The van der Waals surface area contributed by atoms with Crippen molar-refractivity contribution in [1.29, 1.82) is 0 Å². The molecule has 0 amide bonds. The topological polar surface area (TPSA) is 52.6 Å². The maximum absolute atomic E-state index is 12.3. The van der Waals surface area contributed by atoms with Gasteiger partial charge in [0.15, 0.2) is 0 Å². The Hall–Kier alpha value is -1.36. The fourth-order valence-corrected chi connectivity index (χ4v) is 2.72. The predicted molar refractivity (Wildman–Crippen MR) is 77.2 cm³/mol. The van der Waals surface area contributed by atoms with Gasteiger partial charge in [-0.1, -0.05) is 28.1 Å². The highest BCUT2D eigenvalue weighted by atomic mass is 79.9. The molecule has 1 aromatic rings. The maximum Gasteiger partial charge on any atom is 0.317 e. The second kappa shape index (κ2) is 5.95. The van der Waals surface area contributed by atoms with Crippen molar-refractivity contribution in [3.8, 4) is 0 Å². The standard InChI is InChI=1S/C15H17BrO4/c1-3-19-13(17)12-9-15(12,14(18)20-4-2)10-5-7-11(16)8-6-10/h5-8,12H,3-4,9H2,1-2H3/t12-,15-/m1/s1. The largest absolute Gasteiger partial charge is 0.466 e. The van der Waals surface area contributed by atoms with E-state index in [1.807, 2.05) is 24.3 Å². The van der Waals surface area contributed by atoms with Crippen LogP contribution in [0.3, 0.4) is 0 Å². The molecular formula is C15H17BrO4. The van der Waals surface area contributed by atoms with Crippen molar-refractivity contribution in [2.24, 2.45) is 5.92 Å². The summed E-state index contributed by atoms with van der Waals surface area (Å²) in [6.07, 6.45) is 0.451. The zero-order chi connectivity index (χ0) is 14.8. The molecule has 0 bridgehead atoms. The molecule has 2 rings (SSSR count). The molecule has 0 aromatic heterocycles. The average molecular weight is 341 g/mol. The van der Waals surface area contributed by atoms with E-state index in [1.165, 1.54) is 0 Å². The Labute approximate surface area is 126 Å². The molecule has 0 saturated heterocycles. The Balaban J connectivity index is 2.30. The molecule has 0 aliphatic heterocycles. The van der Waals surface area contributed by atoms with Crippen LogP contribution >= 0.6 is 15.9 Å². The molecule has 0 N–H and O–H groups in total. The third-order valence-corrected chi connectivity index (χ3v) is 4.06. The predicted octanol–water partition coefficient (Wildman–Crippen LogP) is 2.83. The number of halogens is 1. The van der Waals surface area contributed by atoms with Crippen molar-refractivity contribution in [3.63, 3.8) is 0 Å². The minimum atomic E-state index is -0.872. The molecule has 108 valence electrons. The summed E-state index contributed by atoms with van der Waals surface area (Å²) in [7, 11) is 0. The van der Waals surface area contributed by atoms with Crippen LogP contribution in [0.4, 0.5) is 0 Å². The first-order valence-electron chi connectivity index (χ1n) is 6.66. The number of hydrogen-bond acceptors (Lipinski definition) is 4. The van der Waals surface area contributed by atoms with Gasteiger partial charge in [0, 0.05) is 4.47 Å². The van der Waals surface area contributed by atoms with Gasteiger partial charge in [0.25, 0.3) is 0 Å². The van der Waals surface area contributed by atoms with Gasteiger partial charge in [0.1, 0.15) is 5.41 Å². The van der Waals surface area contributed by atoms with Gasteiger partial charge in [-0.05, 0) is 38.0 Å². The van der Waals surface area contributed by atoms with Crippen molar-refractivity contribution in [3.05, 3.63) is 34.3 Å². The SMILES string of the molecule is CCOC(=O)[C@H]1C[C@@]1(C(=O)OCC)c1ccc(Br)cc1. The minimum Gasteiger partial charge on any atom is -0.466 e. The quantitative estimate of drug-likeness (QED) is 0.773. The summed E-state index contributed by atoms with van der Waals surface area (Å²) in [5.74, 6) is -1.12. The van der Waals surface area contributed by atoms with Crippen molar-refractivity contribution in [2.75, 3.05) is 13.2 Å². The molecule has 1 aliphatic carbocycles. The Bertz CT molecular complexity index is 511. The third kappa shape index (κ3) is 2.59. The fourth-order valence-electron chi connectivity index (χ4n) is 2.46. The number of ether oxygens (including phenoxy) is 2. The second-order valence-corrected chi connectivity index (χ2v) is 5.62. The molecule has 1 saturated carbocycles. The zero-order valence-electron chi connectivity index (χ0n) is 11.5. The Morgan fingerprint density at radius 3 is 2.35 bits per heavy atom. The van der Waals surface area contributed by atoms with Crippen LogP contribution in [0.2, 0.25) is 0 Å². The summed E-state index contributed by atoms with van der Waals surface area (Å²) in [5.41, 5.74) is -0.0691. The molecule has 0 unspecified atom stereocenters. The summed E-state index contributed by atoms with van der Waals surface area (Å²) in [6, 6.07) is 7.41. The molecule has 4 nitrogen and oxygen atoms in total. The number of carbonyl (C=O) groups excluding carboxylic acids is 2. The van der Waals surface area contributed by atoms with E-state index in [2.05, 4.69) is 15.9 Å². The highest BCUT2D eigenvalue weighted by Crippen LogP contribution is 2.56. The number of esters is 2. The smallest absolute Gasteiger partial charge is 0.317 e. The lowest BCUT2D eigenvalue weighted by molar-refractivity contribution is -0.152. The van der Waals surface area contributed by atoms with E-state index in [1.54, 1.807) is 13.8 Å². The van der Waals surface area contributed by atoms with Gasteiger partial charge in [0.2, 0.25) is 0 Å². The van der Waals surface area contributed by atoms with Gasteiger partial charge in [-0.3, -0.25) is 9.59 Å². The van der Waals surface area contributed by atoms with Crippen LogP contribution in [0.1, 0.15) is 25.8 Å².